The fourth-order valence-electron chi connectivity index (χ4n) is 2.25. The van der Waals surface area contributed by atoms with E-state index >= 15 is 0 Å². The van der Waals surface area contributed by atoms with E-state index in [0.29, 0.717) is 0 Å². The Kier molecular flexibility index (Phi) is 1.78. The van der Waals surface area contributed by atoms with Gasteiger partial charge in [-0.15, -0.1) is 0 Å². The van der Waals surface area contributed by atoms with Crippen molar-refractivity contribution in [3.05, 3.63) is 29.3 Å². The molecule has 2 rings (SSSR count). The summed E-state index contributed by atoms with van der Waals surface area (Å²) in [6.45, 7) is 5.50. The molecule has 0 bridgehead atoms. The van der Waals surface area contributed by atoms with Crippen LogP contribution in [-0.4, -0.2) is 13.6 Å². The summed E-state index contributed by atoms with van der Waals surface area (Å²) >= 11 is 0. The molecular formula is C12H14N2. The molecule has 72 valence electrons. The van der Waals surface area contributed by atoms with E-state index in [0.717, 1.165) is 12.1 Å². The minimum atomic E-state index is 0.206. The summed E-state index contributed by atoms with van der Waals surface area (Å²) < 4.78 is 0. The molecule has 0 saturated carbocycles. The number of rotatable bonds is 0. The maximum Gasteiger partial charge on any atom is 0.0992 e. The molecule has 0 radical (unpaired) electrons. The maximum atomic E-state index is 8.82. The lowest BCUT2D eigenvalue weighted by atomic mass is 9.87. The minimum absolute atomic E-state index is 0.206. The average Bonchev–Trinajstić information content (AvgIpc) is 2.37. The van der Waals surface area contributed by atoms with Gasteiger partial charge in [0.25, 0.3) is 0 Å². The van der Waals surface area contributed by atoms with Crippen LogP contribution in [0.15, 0.2) is 18.2 Å². The molecule has 1 heterocycles. The normalized spacial score (nSPS) is 17.7. The first-order chi connectivity index (χ1) is 6.54. The fourth-order valence-corrected chi connectivity index (χ4v) is 2.25. The van der Waals surface area contributed by atoms with Crippen molar-refractivity contribution in [3.8, 4) is 6.07 Å². The number of nitrogens with zero attached hydrogens (tertiary/aromatic N) is 2. The maximum absolute atomic E-state index is 8.82. The van der Waals surface area contributed by atoms with Crippen molar-refractivity contribution < 1.29 is 0 Å². The number of anilines is 1. The van der Waals surface area contributed by atoms with Crippen molar-refractivity contribution >= 4 is 5.69 Å². The summed E-state index contributed by atoms with van der Waals surface area (Å²) in [5.74, 6) is 0. The van der Waals surface area contributed by atoms with E-state index in [1.807, 2.05) is 12.1 Å². The Balaban J connectivity index is 2.59. The third-order valence-electron chi connectivity index (χ3n) is 2.90. The van der Waals surface area contributed by atoms with Gasteiger partial charge >= 0.3 is 0 Å². The number of likely N-dealkylation sites (N-methyl/N-ethyl adjacent to an activating group) is 1. The van der Waals surface area contributed by atoms with Crippen molar-refractivity contribution in [2.24, 2.45) is 0 Å². The van der Waals surface area contributed by atoms with Crippen molar-refractivity contribution in [3.63, 3.8) is 0 Å². The molecule has 2 heteroatoms. The van der Waals surface area contributed by atoms with Gasteiger partial charge in [-0.25, -0.2) is 0 Å². The van der Waals surface area contributed by atoms with E-state index < -0.39 is 0 Å². The molecule has 0 fully saturated rings. The number of fused-ring (bicyclic) bond motifs is 1. The first kappa shape index (κ1) is 9.08. The van der Waals surface area contributed by atoms with Crippen molar-refractivity contribution in [1.29, 1.82) is 5.26 Å². The Hall–Kier alpha value is -1.49. The summed E-state index contributed by atoms with van der Waals surface area (Å²) in [6, 6.07) is 8.14. The molecule has 1 aliphatic rings. The highest BCUT2D eigenvalue weighted by molar-refractivity contribution is 5.64. The van der Waals surface area contributed by atoms with E-state index in [9.17, 15) is 0 Å². The van der Waals surface area contributed by atoms with Crippen LogP contribution in [0.2, 0.25) is 0 Å². The van der Waals surface area contributed by atoms with E-state index in [1.54, 1.807) is 0 Å². The van der Waals surface area contributed by atoms with E-state index in [-0.39, 0.29) is 5.41 Å². The van der Waals surface area contributed by atoms with Crippen LogP contribution in [0.3, 0.4) is 0 Å². The molecular weight excluding hydrogens is 172 g/mol. The third-order valence-corrected chi connectivity index (χ3v) is 2.90. The smallest absolute Gasteiger partial charge is 0.0992 e. The molecule has 0 aromatic heterocycles. The summed E-state index contributed by atoms with van der Waals surface area (Å²) in [4.78, 5) is 2.22. The molecule has 0 unspecified atom stereocenters. The van der Waals surface area contributed by atoms with Gasteiger partial charge < -0.3 is 4.90 Å². The fraction of sp³-hybridized carbons (Fsp3) is 0.417. The van der Waals surface area contributed by atoms with Gasteiger partial charge in [0, 0.05) is 24.7 Å². The van der Waals surface area contributed by atoms with Crippen LogP contribution >= 0.6 is 0 Å². The molecule has 0 amide bonds. The van der Waals surface area contributed by atoms with Gasteiger partial charge in [-0.05, 0) is 17.7 Å². The van der Waals surface area contributed by atoms with Crippen LogP contribution in [0, 0.1) is 11.3 Å². The molecule has 1 aromatic carbocycles. The standard InChI is InChI=1S/C12H14N2/c1-12(2)8-14(3)11-6-9(7-13)4-5-10(11)12/h4-6H,8H2,1-3H3. The Morgan fingerprint density at radius 3 is 2.79 bits per heavy atom. The second-order valence-electron chi connectivity index (χ2n) is 4.58. The summed E-state index contributed by atoms with van der Waals surface area (Å²) in [5, 5.41) is 8.82. The van der Waals surface area contributed by atoms with Gasteiger partial charge in [0.1, 0.15) is 0 Å². The third kappa shape index (κ3) is 1.17. The summed E-state index contributed by atoms with van der Waals surface area (Å²) in [7, 11) is 2.08. The van der Waals surface area contributed by atoms with Gasteiger partial charge in [0.2, 0.25) is 0 Å². The largest absolute Gasteiger partial charge is 0.373 e. The zero-order valence-corrected chi connectivity index (χ0v) is 8.83. The predicted molar refractivity (Wildman–Crippen MR) is 57.5 cm³/mol. The quantitative estimate of drug-likeness (QED) is 0.621. The topological polar surface area (TPSA) is 27.0 Å². The van der Waals surface area contributed by atoms with E-state index in [1.165, 1.54) is 11.3 Å². The Bertz CT molecular complexity index is 413. The number of benzene rings is 1. The van der Waals surface area contributed by atoms with Crippen LogP contribution in [-0.2, 0) is 5.41 Å². The SMILES string of the molecule is CN1CC(C)(C)c2ccc(C#N)cc21. The lowest BCUT2D eigenvalue weighted by Crippen LogP contribution is -2.24. The van der Waals surface area contributed by atoms with Crippen LogP contribution < -0.4 is 4.90 Å². The molecule has 1 aromatic rings. The first-order valence-electron chi connectivity index (χ1n) is 4.80. The molecule has 0 saturated heterocycles. The lowest BCUT2D eigenvalue weighted by molar-refractivity contribution is 0.563. The molecule has 0 spiro atoms. The summed E-state index contributed by atoms with van der Waals surface area (Å²) in [6.07, 6.45) is 0. The highest BCUT2D eigenvalue weighted by Crippen LogP contribution is 2.39. The number of nitriles is 1. The van der Waals surface area contributed by atoms with Crippen molar-refractivity contribution in [2.45, 2.75) is 19.3 Å². The van der Waals surface area contributed by atoms with Gasteiger partial charge in [-0.1, -0.05) is 19.9 Å². The minimum Gasteiger partial charge on any atom is -0.373 e. The lowest BCUT2D eigenvalue weighted by Gasteiger charge is -2.18. The second-order valence-corrected chi connectivity index (χ2v) is 4.58. The Labute approximate surface area is 84.8 Å². The highest BCUT2D eigenvalue weighted by atomic mass is 15.1. The van der Waals surface area contributed by atoms with Gasteiger partial charge in [0.15, 0.2) is 0 Å². The molecule has 14 heavy (non-hydrogen) atoms. The Morgan fingerprint density at radius 2 is 2.14 bits per heavy atom. The molecule has 0 N–H and O–H groups in total. The van der Waals surface area contributed by atoms with Crippen LogP contribution in [0.5, 0.6) is 0 Å². The number of hydrogen-bond acceptors (Lipinski definition) is 2. The van der Waals surface area contributed by atoms with Gasteiger partial charge in [0.05, 0.1) is 11.6 Å². The molecule has 0 atom stereocenters. The monoisotopic (exact) mass is 186 g/mol. The van der Waals surface area contributed by atoms with Gasteiger partial charge in [-0.3, -0.25) is 0 Å². The second kappa shape index (κ2) is 2.75. The Morgan fingerprint density at radius 1 is 1.43 bits per heavy atom. The highest BCUT2D eigenvalue weighted by Gasteiger charge is 2.32. The van der Waals surface area contributed by atoms with Crippen molar-refractivity contribution in [1.82, 2.24) is 0 Å². The van der Waals surface area contributed by atoms with Crippen LogP contribution in [0.4, 0.5) is 5.69 Å². The molecule has 1 aliphatic heterocycles. The number of hydrogen-bond donors (Lipinski definition) is 0. The van der Waals surface area contributed by atoms with Crippen LogP contribution in [0.1, 0.15) is 25.0 Å². The first-order valence-corrected chi connectivity index (χ1v) is 4.80. The zero-order valence-electron chi connectivity index (χ0n) is 8.83. The predicted octanol–water partition coefficient (Wildman–Crippen LogP) is 2.29. The van der Waals surface area contributed by atoms with Crippen molar-refractivity contribution in [2.75, 3.05) is 18.5 Å². The molecule has 2 nitrogen and oxygen atoms in total. The molecule has 0 aliphatic carbocycles. The van der Waals surface area contributed by atoms with E-state index in [2.05, 4.69) is 37.9 Å². The zero-order chi connectivity index (χ0) is 10.3. The van der Waals surface area contributed by atoms with E-state index in [4.69, 9.17) is 5.26 Å². The van der Waals surface area contributed by atoms with Gasteiger partial charge in [-0.2, -0.15) is 5.26 Å². The average molecular weight is 186 g/mol. The van der Waals surface area contributed by atoms with Crippen LogP contribution in [0.25, 0.3) is 0 Å². The summed E-state index contributed by atoms with van der Waals surface area (Å²) in [5.41, 5.74) is 3.50.